The summed E-state index contributed by atoms with van der Waals surface area (Å²) < 4.78 is 38.2. The Morgan fingerprint density at radius 3 is 2.38 bits per heavy atom. The Balaban J connectivity index is 1.47. The van der Waals surface area contributed by atoms with Crippen molar-refractivity contribution < 1.29 is 22.5 Å². The van der Waals surface area contributed by atoms with E-state index in [-0.39, 0.29) is 0 Å². The van der Waals surface area contributed by atoms with E-state index in [1.165, 1.54) is 11.0 Å². The molecule has 1 aromatic heterocycles. The van der Waals surface area contributed by atoms with Crippen LogP contribution in [0, 0.1) is 0 Å². The minimum Gasteiger partial charge on any atom is -0.497 e. The van der Waals surface area contributed by atoms with E-state index in [0.717, 1.165) is 16.5 Å². The maximum atomic E-state index is 13.1. The lowest BCUT2D eigenvalue weighted by molar-refractivity contribution is -0.917. The van der Waals surface area contributed by atoms with Crippen molar-refractivity contribution in [2.75, 3.05) is 33.3 Å². The number of hydrogen-bond donors (Lipinski definition) is 1. The molecule has 2 aromatic carbocycles. The van der Waals surface area contributed by atoms with Crippen molar-refractivity contribution >= 4 is 21.0 Å². The lowest BCUT2D eigenvalue weighted by Crippen LogP contribution is -3.13. The first kappa shape index (κ1) is 22.5. The molecule has 0 amide bonds. The SMILES string of the molecule is COc1ccc2c(C[NH+]3CCN(S(=O)(=O)c4ccc(C(C)C)cc4)CC3)cc(=O)oc2c1. The van der Waals surface area contributed by atoms with Gasteiger partial charge < -0.3 is 14.1 Å². The first-order valence-electron chi connectivity index (χ1n) is 10.8. The Bertz CT molecular complexity index is 1260. The zero-order chi connectivity index (χ0) is 22.9. The molecule has 0 saturated carbocycles. The van der Waals surface area contributed by atoms with Gasteiger partial charge >= 0.3 is 5.63 Å². The van der Waals surface area contributed by atoms with Crippen molar-refractivity contribution in [2.24, 2.45) is 0 Å². The van der Waals surface area contributed by atoms with Crippen LogP contribution in [0.2, 0.25) is 0 Å². The Labute approximate surface area is 188 Å². The maximum Gasteiger partial charge on any atom is 0.336 e. The first-order valence-corrected chi connectivity index (χ1v) is 12.3. The highest BCUT2D eigenvalue weighted by Gasteiger charge is 2.30. The minimum atomic E-state index is -3.51. The summed E-state index contributed by atoms with van der Waals surface area (Å²) in [7, 11) is -1.94. The molecule has 0 radical (unpaired) electrons. The second kappa shape index (κ2) is 9.05. The van der Waals surface area contributed by atoms with Gasteiger partial charge in [-0.3, -0.25) is 0 Å². The Morgan fingerprint density at radius 1 is 1.06 bits per heavy atom. The summed E-state index contributed by atoms with van der Waals surface area (Å²) in [6.45, 7) is 7.02. The summed E-state index contributed by atoms with van der Waals surface area (Å²) in [5.41, 5.74) is 2.12. The number of benzene rings is 2. The molecule has 7 nitrogen and oxygen atoms in total. The molecule has 1 N–H and O–H groups in total. The van der Waals surface area contributed by atoms with E-state index >= 15 is 0 Å². The molecule has 1 fully saturated rings. The van der Waals surface area contributed by atoms with Gasteiger partial charge in [-0.05, 0) is 35.7 Å². The van der Waals surface area contributed by atoms with Crippen molar-refractivity contribution in [2.45, 2.75) is 31.2 Å². The van der Waals surface area contributed by atoms with Crippen LogP contribution < -0.4 is 15.3 Å². The third-order valence-corrected chi connectivity index (χ3v) is 8.00. The van der Waals surface area contributed by atoms with E-state index in [1.54, 1.807) is 29.6 Å². The number of ether oxygens (including phenoxy) is 1. The van der Waals surface area contributed by atoms with Crippen molar-refractivity contribution in [3.63, 3.8) is 0 Å². The number of quaternary nitrogens is 1. The smallest absolute Gasteiger partial charge is 0.336 e. The standard InChI is InChI=1S/C24H28N2O5S/c1-17(2)18-4-7-21(8-5-18)32(28,29)26-12-10-25(11-13-26)16-19-14-24(27)31-23-15-20(30-3)6-9-22(19)23/h4-9,14-15,17H,10-13,16H2,1-3H3/p+1. The van der Waals surface area contributed by atoms with Gasteiger partial charge in [-0.25, -0.2) is 13.2 Å². The molecule has 0 spiro atoms. The number of nitrogens with one attached hydrogen (secondary N) is 1. The molecule has 32 heavy (non-hydrogen) atoms. The van der Waals surface area contributed by atoms with Gasteiger partial charge in [-0.1, -0.05) is 26.0 Å². The molecular weight excluding hydrogens is 428 g/mol. The number of rotatable bonds is 6. The summed E-state index contributed by atoms with van der Waals surface area (Å²) in [6, 6.07) is 14.2. The van der Waals surface area contributed by atoms with Crippen LogP contribution in [-0.2, 0) is 16.6 Å². The number of fused-ring (bicyclic) bond motifs is 1. The number of nitrogens with zero attached hydrogens (tertiary/aromatic N) is 1. The van der Waals surface area contributed by atoms with Crippen LogP contribution in [0.3, 0.4) is 0 Å². The van der Waals surface area contributed by atoms with Crippen LogP contribution >= 0.6 is 0 Å². The minimum absolute atomic E-state index is 0.339. The van der Waals surface area contributed by atoms with Gasteiger partial charge in [0.1, 0.15) is 17.9 Å². The van der Waals surface area contributed by atoms with Crippen molar-refractivity contribution in [3.05, 3.63) is 70.1 Å². The molecule has 1 saturated heterocycles. The average molecular weight is 458 g/mol. The fraction of sp³-hybridized carbons (Fsp3) is 0.375. The maximum absolute atomic E-state index is 13.1. The molecule has 3 aromatic rings. The van der Waals surface area contributed by atoms with E-state index in [9.17, 15) is 13.2 Å². The predicted octanol–water partition coefficient (Wildman–Crippen LogP) is 2.01. The highest BCUT2D eigenvalue weighted by atomic mass is 32.2. The quantitative estimate of drug-likeness (QED) is 0.573. The van der Waals surface area contributed by atoms with E-state index < -0.39 is 15.6 Å². The Morgan fingerprint density at radius 2 is 1.75 bits per heavy atom. The zero-order valence-electron chi connectivity index (χ0n) is 18.6. The van der Waals surface area contributed by atoms with E-state index in [2.05, 4.69) is 13.8 Å². The second-order valence-corrected chi connectivity index (χ2v) is 10.4. The predicted molar refractivity (Wildman–Crippen MR) is 123 cm³/mol. The van der Waals surface area contributed by atoms with Crippen LogP contribution in [0.25, 0.3) is 11.0 Å². The third-order valence-electron chi connectivity index (χ3n) is 6.09. The Hall–Kier alpha value is -2.68. The van der Waals surface area contributed by atoms with Gasteiger partial charge in [0.15, 0.2) is 0 Å². The number of hydrogen-bond acceptors (Lipinski definition) is 5. The Kier molecular flexibility index (Phi) is 6.37. The molecule has 4 rings (SSSR count). The summed E-state index contributed by atoms with van der Waals surface area (Å²) in [5, 5.41) is 0.873. The molecular formula is C24H29N2O5S+. The lowest BCUT2D eigenvalue weighted by atomic mass is 10.0. The first-order chi connectivity index (χ1) is 15.3. The van der Waals surface area contributed by atoms with Crippen LogP contribution in [-0.4, -0.2) is 46.0 Å². The van der Waals surface area contributed by atoms with Crippen LogP contribution in [0.4, 0.5) is 0 Å². The van der Waals surface area contributed by atoms with Crippen LogP contribution in [0.5, 0.6) is 5.75 Å². The molecule has 2 heterocycles. The highest BCUT2D eigenvalue weighted by Crippen LogP contribution is 2.23. The summed E-state index contributed by atoms with van der Waals surface area (Å²) >= 11 is 0. The molecule has 0 unspecified atom stereocenters. The van der Waals surface area contributed by atoms with Crippen LogP contribution in [0.1, 0.15) is 30.9 Å². The summed E-state index contributed by atoms with van der Waals surface area (Å²) in [6.07, 6.45) is 0. The number of piperazine rings is 1. The van der Waals surface area contributed by atoms with Gasteiger partial charge in [-0.15, -0.1) is 0 Å². The van der Waals surface area contributed by atoms with Gasteiger partial charge in [0.05, 0.1) is 38.2 Å². The van der Waals surface area contributed by atoms with Gasteiger partial charge in [-0.2, -0.15) is 4.31 Å². The van der Waals surface area contributed by atoms with E-state index in [1.807, 2.05) is 24.3 Å². The molecule has 0 atom stereocenters. The fourth-order valence-electron chi connectivity index (χ4n) is 4.15. The number of methoxy groups -OCH3 is 1. The topological polar surface area (TPSA) is 81.3 Å². The third kappa shape index (κ3) is 4.57. The van der Waals surface area contributed by atoms with Crippen molar-refractivity contribution in [1.82, 2.24) is 4.31 Å². The number of sulfonamides is 1. The van der Waals surface area contributed by atoms with Gasteiger partial charge in [0, 0.05) is 23.1 Å². The normalized spacial score (nSPS) is 16.0. The molecule has 0 aliphatic carbocycles. The fourth-order valence-corrected chi connectivity index (χ4v) is 5.59. The van der Waals surface area contributed by atoms with Crippen molar-refractivity contribution in [1.29, 1.82) is 0 Å². The van der Waals surface area contributed by atoms with Crippen LogP contribution in [0.15, 0.2) is 62.6 Å². The molecule has 0 bridgehead atoms. The largest absolute Gasteiger partial charge is 0.497 e. The average Bonchev–Trinajstić information content (AvgIpc) is 2.79. The highest BCUT2D eigenvalue weighted by molar-refractivity contribution is 7.89. The molecule has 170 valence electrons. The van der Waals surface area contributed by atoms with E-state index in [0.29, 0.717) is 54.9 Å². The second-order valence-electron chi connectivity index (χ2n) is 8.51. The van der Waals surface area contributed by atoms with Gasteiger partial charge in [0.2, 0.25) is 10.0 Å². The van der Waals surface area contributed by atoms with Gasteiger partial charge in [0.25, 0.3) is 0 Å². The molecule has 8 heteroatoms. The lowest BCUT2D eigenvalue weighted by Gasteiger charge is -2.31. The molecule has 1 aliphatic rings. The monoisotopic (exact) mass is 457 g/mol. The zero-order valence-corrected chi connectivity index (χ0v) is 19.4. The molecule has 1 aliphatic heterocycles. The van der Waals surface area contributed by atoms with Crippen molar-refractivity contribution in [3.8, 4) is 5.75 Å². The summed E-state index contributed by atoms with van der Waals surface area (Å²) in [4.78, 5) is 13.6. The van der Waals surface area contributed by atoms with E-state index in [4.69, 9.17) is 9.15 Å². The summed E-state index contributed by atoms with van der Waals surface area (Å²) in [5.74, 6) is 0.988.